The Kier molecular flexibility index (Phi) is 7.21. The number of thiophene rings is 1. The van der Waals surface area contributed by atoms with Gasteiger partial charge in [-0.3, -0.25) is 0 Å². The van der Waals surface area contributed by atoms with E-state index in [-0.39, 0.29) is 17.7 Å². The smallest absolute Gasteiger partial charge is 0.408 e. The largest absolute Gasteiger partial charge is 0.482 e. The van der Waals surface area contributed by atoms with Crippen molar-refractivity contribution in [3.63, 3.8) is 0 Å². The molecule has 6 nitrogen and oxygen atoms in total. The van der Waals surface area contributed by atoms with E-state index in [0.29, 0.717) is 27.4 Å². The Labute approximate surface area is 176 Å². The lowest BCUT2D eigenvalue weighted by Gasteiger charge is -2.18. The van der Waals surface area contributed by atoms with E-state index in [1.54, 1.807) is 25.3 Å². The Morgan fingerprint density at radius 3 is 2.10 bits per heavy atom. The number of carbonyl (C=O) groups excluding carboxylic acids is 1. The van der Waals surface area contributed by atoms with Gasteiger partial charge in [0.1, 0.15) is 11.5 Å². The van der Waals surface area contributed by atoms with Crippen LogP contribution in [0.15, 0.2) is 23.6 Å². The molecule has 0 aliphatic heterocycles. The van der Waals surface area contributed by atoms with E-state index in [1.165, 1.54) is 12.1 Å². The van der Waals surface area contributed by atoms with Crippen LogP contribution in [0.2, 0.25) is 0 Å². The fourth-order valence-corrected chi connectivity index (χ4v) is 4.65. The molecule has 2 aromatic rings. The SMILES string of the molecule is CC(C)c1cc(F)cc(C(C)C)c1NC(=O)[N+](c1cc(C(C)(C)O)cs1)=[S-](N)=O. The first kappa shape index (κ1) is 23.5. The molecule has 0 saturated carbocycles. The quantitative estimate of drug-likeness (QED) is 0.436. The number of urea groups is 1. The van der Waals surface area contributed by atoms with E-state index in [0.717, 1.165) is 15.3 Å². The predicted molar refractivity (Wildman–Crippen MR) is 115 cm³/mol. The van der Waals surface area contributed by atoms with E-state index in [9.17, 15) is 18.5 Å². The van der Waals surface area contributed by atoms with Crippen molar-refractivity contribution in [2.75, 3.05) is 5.32 Å². The summed E-state index contributed by atoms with van der Waals surface area (Å²) >= 11 is 1.15. The summed E-state index contributed by atoms with van der Waals surface area (Å²) in [7, 11) is -2.13. The number of amides is 2. The average molecular weight is 442 g/mol. The number of nitrogens with two attached hydrogens (primary N) is 1. The highest BCUT2D eigenvalue weighted by Crippen LogP contribution is 2.35. The van der Waals surface area contributed by atoms with Gasteiger partial charge in [0.25, 0.3) is 0 Å². The molecule has 0 radical (unpaired) electrons. The Morgan fingerprint density at radius 1 is 1.21 bits per heavy atom. The maximum absolute atomic E-state index is 14.1. The highest BCUT2D eigenvalue weighted by atomic mass is 32.2. The minimum Gasteiger partial charge on any atom is -0.408 e. The van der Waals surface area contributed by atoms with Crippen molar-refractivity contribution in [3.05, 3.63) is 46.1 Å². The monoisotopic (exact) mass is 441 g/mol. The first-order valence-electron chi connectivity index (χ1n) is 9.25. The number of carbonyl (C=O) groups is 1. The molecule has 1 aromatic heterocycles. The first-order valence-corrected chi connectivity index (χ1v) is 11.3. The Hall–Kier alpha value is -1.81. The molecule has 1 aromatic carbocycles. The third kappa shape index (κ3) is 5.42. The molecule has 1 heterocycles. The van der Waals surface area contributed by atoms with Gasteiger partial charge in [0, 0.05) is 22.6 Å². The molecule has 0 bridgehead atoms. The van der Waals surface area contributed by atoms with Gasteiger partial charge in [-0.25, -0.2) is 13.7 Å². The number of nitrogens with zero attached hydrogens (tertiary/aromatic N) is 1. The van der Waals surface area contributed by atoms with E-state index < -0.39 is 22.4 Å². The van der Waals surface area contributed by atoms with Crippen molar-refractivity contribution in [1.29, 1.82) is 0 Å². The second kappa shape index (κ2) is 8.91. The first-order chi connectivity index (χ1) is 13.3. The molecule has 9 heteroatoms. The van der Waals surface area contributed by atoms with Crippen molar-refractivity contribution < 1.29 is 22.4 Å². The second-order valence-electron chi connectivity index (χ2n) is 8.00. The van der Waals surface area contributed by atoms with Gasteiger partial charge in [-0.2, -0.15) is 4.79 Å². The second-order valence-corrected chi connectivity index (χ2v) is 9.81. The van der Waals surface area contributed by atoms with Gasteiger partial charge in [0.15, 0.2) is 5.00 Å². The number of aliphatic hydroxyl groups is 1. The number of halogens is 1. The molecule has 0 saturated heterocycles. The minimum absolute atomic E-state index is 0.0427. The van der Waals surface area contributed by atoms with Crippen molar-refractivity contribution in [2.24, 2.45) is 5.14 Å². The van der Waals surface area contributed by atoms with E-state index in [1.807, 2.05) is 27.7 Å². The van der Waals surface area contributed by atoms with Crippen molar-refractivity contribution in [1.82, 2.24) is 0 Å². The molecule has 0 aliphatic carbocycles. The molecule has 0 fully saturated rings. The molecule has 0 spiro atoms. The summed E-state index contributed by atoms with van der Waals surface area (Å²) in [5.74, 6) is -0.458. The van der Waals surface area contributed by atoms with E-state index in [4.69, 9.17) is 5.14 Å². The maximum atomic E-state index is 14.1. The van der Waals surface area contributed by atoms with Gasteiger partial charge >= 0.3 is 6.03 Å². The van der Waals surface area contributed by atoms with Crippen LogP contribution in [-0.4, -0.2) is 15.1 Å². The van der Waals surface area contributed by atoms with Crippen LogP contribution in [0.5, 0.6) is 0 Å². The average Bonchev–Trinajstić information content (AvgIpc) is 3.05. The van der Waals surface area contributed by atoms with Crippen LogP contribution in [0.25, 0.3) is 0 Å². The van der Waals surface area contributed by atoms with Crippen LogP contribution in [0.1, 0.15) is 70.1 Å². The van der Waals surface area contributed by atoms with Crippen LogP contribution >= 0.6 is 11.3 Å². The summed E-state index contributed by atoms with van der Waals surface area (Å²) in [6.07, 6.45) is 0. The molecular formula is C20H28FN3O3S2. The fourth-order valence-electron chi connectivity index (χ4n) is 2.89. The molecule has 160 valence electrons. The highest BCUT2D eigenvalue weighted by Gasteiger charge is 2.26. The Bertz CT molecular complexity index is 972. The molecule has 29 heavy (non-hydrogen) atoms. The van der Waals surface area contributed by atoms with Gasteiger partial charge in [-0.1, -0.05) is 27.7 Å². The van der Waals surface area contributed by atoms with Gasteiger partial charge in [-0.15, -0.1) is 11.3 Å². The Morgan fingerprint density at radius 2 is 1.72 bits per heavy atom. The summed E-state index contributed by atoms with van der Waals surface area (Å²) in [6.45, 7) is 10.9. The summed E-state index contributed by atoms with van der Waals surface area (Å²) < 4.78 is 27.2. The van der Waals surface area contributed by atoms with Gasteiger partial charge < -0.3 is 14.5 Å². The lowest BCUT2D eigenvalue weighted by atomic mass is 9.92. The van der Waals surface area contributed by atoms with Crippen molar-refractivity contribution >= 4 is 38.8 Å². The zero-order valence-electron chi connectivity index (χ0n) is 17.4. The topological polar surface area (TPSA) is 95.4 Å². The van der Waals surface area contributed by atoms with E-state index in [2.05, 4.69) is 5.32 Å². The van der Waals surface area contributed by atoms with Crippen molar-refractivity contribution in [2.45, 2.75) is 59.0 Å². The molecule has 2 rings (SSSR count). The number of anilines is 1. The summed E-state index contributed by atoms with van der Waals surface area (Å²) in [4.78, 5) is 13.0. The van der Waals surface area contributed by atoms with Crippen LogP contribution in [0.4, 0.5) is 19.9 Å². The number of hydrogen-bond acceptors (Lipinski definition) is 5. The van der Waals surface area contributed by atoms with Gasteiger partial charge in [0.2, 0.25) is 0 Å². The highest BCUT2D eigenvalue weighted by molar-refractivity contribution is 7.70. The van der Waals surface area contributed by atoms with Crippen LogP contribution in [-0.2, 0) is 20.6 Å². The fraction of sp³-hybridized carbons (Fsp3) is 0.450. The third-order valence-electron chi connectivity index (χ3n) is 4.50. The van der Waals surface area contributed by atoms with Crippen LogP contribution in [0.3, 0.4) is 0 Å². The maximum Gasteiger partial charge on any atom is 0.482 e. The molecule has 0 unspecified atom stereocenters. The third-order valence-corrected chi connectivity index (χ3v) is 6.25. The van der Waals surface area contributed by atoms with Crippen LogP contribution in [0, 0.1) is 5.82 Å². The zero-order chi connectivity index (χ0) is 22.1. The number of benzene rings is 1. The van der Waals surface area contributed by atoms with Crippen LogP contribution < -0.4 is 10.5 Å². The van der Waals surface area contributed by atoms with Crippen molar-refractivity contribution in [3.8, 4) is 0 Å². The number of hydrogen-bond donors (Lipinski definition) is 3. The molecule has 0 aliphatic rings. The summed E-state index contributed by atoms with van der Waals surface area (Å²) in [5, 5.41) is 20.5. The number of nitrogens with one attached hydrogen (secondary N) is 1. The summed E-state index contributed by atoms with van der Waals surface area (Å²) in [6, 6.07) is 3.68. The normalized spacial score (nSPS) is 13.7. The molecular weight excluding hydrogens is 413 g/mol. The lowest BCUT2D eigenvalue weighted by molar-refractivity contribution is -0.294. The van der Waals surface area contributed by atoms with Gasteiger partial charge in [-0.05, 0) is 54.2 Å². The molecule has 4 N–H and O–H groups in total. The predicted octanol–water partition coefficient (Wildman–Crippen LogP) is 5.26. The minimum atomic E-state index is -2.13. The van der Waals surface area contributed by atoms with E-state index >= 15 is 0 Å². The molecule has 2 amide bonds. The Balaban J connectivity index is 2.53. The number of rotatable bonds is 5. The lowest BCUT2D eigenvalue weighted by Crippen LogP contribution is -2.26. The van der Waals surface area contributed by atoms with Gasteiger partial charge in [0.05, 0.1) is 5.60 Å². The standard InChI is InChI=1S/C20H28FN3O3S2/c1-11(2)15-8-14(21)9-16(12(3)4)18(15)23-19(25)24(29(22)27)17-7-13(10-28-17)20(5,6)26/h7-12,26H,1-6H3,(H2,22,27)(H,23,25). The summed E-state index contributed by atoms with van der Waals surface area (Å²) in [5.41, 5.74) is 1.25. The zero-order valence-corrected chi connectivity index (χ0v) is 19.1. The molecule has 0 atom stereocenters.